The molecular weight excluding hydrogens is 250 g/mol. The Morgan fingerprint density at radius 1 is 1.25 bits per heavy atom. The van der Waals surface area contributed by atoms with Crippen LogP contribution >= 0.6 is 0 Å². The molecule has 1 aromatic carbocycles. The SMILES string of the molecule is CC(NCCn1ccccc1=O)c1ccc(C#N)cc1. The number of benzene rings is 1. The minimum Gasteiger partial charge on any atom is -0.314 e. The molecule has 1 heterocycles. The van der Waals surface area contributed by atoms with E-state index in [0.29, 0.717) is 18.7 Å². The van der Waals surface area contributed by atoms with E-state index in [0.717, 1.165) is 5.56 Å². The summed E-state index contributed by atoms with van der Waals surface area (Å²) in [6.07, 6.45) is 1.79. The summed E-state index contributed by atoms with van der Waals surface area (Å²) >= 11 is 0. The first-order valence-corrected chi connectivity index (χ1v) is 6.59. The van der Waals surface area contributed by atoms with Gasteiger partial charge in [0.1, 0.15) is 0 Å². The topological polar surface area (TPSA) is 57.8 Å². The molecule has 4 heteroatoms. The average molecular weight is 267 g/mol. The maximum Gasteiger partial charge on any atom is 0.250 e. The summed E-state index contributed by atoms with van der Waals surface area (Å²) in [5.74, 6) is 0. The van der Waals surface area contributed by atoms with Crippen molar-refractivity contribution in [2.24, 2.45) is 0 Å². The van der Waals surface area contributed by atoms with E-state index >= 15 is 0 Å². The average Bonchev–Trinajstić information content (AvgIpc) is 2.49. The van der Waals surface area contributed by atoms with Crippen LogP contribution in [0.4, 0.5) is 0 Å². The van der Waals surface area contributed by atoms with Gasteiger partial charge >= 0.3 is 0 Å². The molecule has 0 saturated heterocycles. The van der Waals surface area contributed by atoms with Crippen molar-refractivity contribution in [1.29, 1.82) is 5.26 Å². The van der Waals surface area contributed by atoms with Gasteiger partial charge in [-0.2, -0.15) is 5.26 Å². The monoisotopic (exact) mass is 267 g/mol. The third kappa shape index (κ3) is 3.56. The second-order valence-corrected chi connectivity index (χ2v) is 4.64. The fourth-order valence-electron chi connectivity index (χ4n) is 2.01. The number of nitrogens with one attached hydrogen (secondary N) is 1. The predicted molar refractivity (Wildman–Crippen MR) is 78.3 cm³/mol. The standard InChI is InChI=1S/C16H17N3O/c1-13(15-7-5-14(12-17)6-8-15)18-9-11-19-10-3-2-4-16(19)20/h2-8,10,13,18H,9,11H2,1H3. The molecule has 4 nitrogen and oxygen atoms in total. The van der Waals surface area contributed by atoms with Crippen LogP contribution < -0.4 is 10.9 Å². The van der Waals surface area contributed by atoms with E-state index in [-0.39, 0.29) is 11.6 Å². The lowest BCUT2D eigenvalue weighted by Gasteiger charge is -2.14. The van der Waals surface area contributed by atoms with Crippen LogP contribution in [0.5, 0.6) is 0 Å². The van der Waals surface area contributed by atoms with E-state index in [1.807, 2.05) is 30.3 Å². The number of nitrogens with zero attached hydrogens (tertiary/aromatic N) is 2. The van der Waals surface area contributed by atoms with E-state index in [1.165, 1.54) is 0 Å². The number of nitriles is 1. The predicted octanol–water partition coefficient (Wildman–Crippen LogP) is 2.07. The number of pyridine rings is 1. The molecule has 1 atom stereocenters. The fourth-order valence-corrected chi connectivity index (χ4v) is 2.01. The zero-order valence-corrected chi connectivity index (χ0v) is 11.4. The minimum absolute atomic E-state index is 0.0142. The van der Waals surface area contributed by atoms with Gasteiger partial charge in [0.05, 0.1) is 11.6 Å². The van der Waals surface area contributed by atoms with Crippen LogP contribution in [0.1, 0.15) is 24.1 Å². The summed E-state index contributed by atoms with van der Waals surface area (Å²) in [5.41, 5.74) is 1.81. The van der Waals surface area contributed by atoms with Crippen molar-refractivity contribution >= 4 is 0 Å². The first-order chi connectivity index (χ1) is 9.70. The van der Waals surface area contributed by atoms with Crippen molar-refractivity contribution in [3.05, 3.63) is 70.1 Å². The van der Waals surface area contributed by atoms with Gasteiger partial charge in [0.15, 0.2) is 0 Å². The van der Waals surface area contributed by atoms with Crippen LogP contribution in [-0.2, 0) is 6.54 Å². The van der Waals surface area contributed by atoms with Crippen molar-refractivity contribution in [3.63, 3.8) is 0 Å². The third-order valence-corrected chi connectivity index (χ3v) is 3.24. The normalized spacial score (nSPS) is 11.8. The van der Waals surface area contributed by atoms with Gasteiger partial charge in [-0.05, 0) is 30.7 Å². The third-order valence-electron chi connectivity index (χ3n) is 3.24. The Balaban J connectivity index is 1.89. The molecule has 0 bridgehead atoms. The molecule has 0 amide bonds. The molecular formula is C16H17N3O. The van der Waals surface area contributed by atoms with E-state index < -0.39 is 0 Å². The van der Waals surface area contributed by atoms with Crippen molar-refractivity contribution in [2.75, 3.05) is 6.54 Å². The van der Waals surface area contributed by atoms with Crippen molar-refractivity contribution in [1.82, 2.24) is 9.88 Å². The lowest BCUT2D eigenvalue weighted by atomic mass is 10.1. The Morgan fingerprint density at radius 3 is 2.65 bits per heavy atom. The van der Waals surface area contributed by atoms with Crippen molar-refractivity contribution in [3.8, 4) is 6.07 Å². The molecule has 1 N–H and O–H groups in total. The van der Waals surface area contributed by atoms with Crippen LogP contribution in [-0.4, -0.2) is 11.1 Å². The molecule has 0 radical (unpaired) electrons. The highest BCUT2D eigenvalue weighted by Crippen LogP contribution is 2.12. The van der Waals surface area contributed by atoms with Crippen LogP contribution in [0, 0.1) is 11.3 Å². The van der Waals surface area contributed by atoms with Gasteiger partial charge in [-0.1, -0.05) is 18.2 Å². The van der Waals surface area contributed by atoms with Gasteiger partial charge < -0.3 is 9.88 Å². The maximum atomic E-state index is 11.5. The fraction of sp³-hybridized carbons (Fsp3) is 0.250. The molecule has 0 fully saturated rings. The summed E-state index contributed by atoms with van der Waals surface area (Å²) in [6.45, 7) is 3.42. The summed E-state index contributed by atoms with van der Waals surface area (Å²) in [7, 11) is 0. The van der Waals surface area contributed by atoms with E-state index in [1.54, 1.807) is 22.9 Å². The Hall–Kier alpha value is -2.38. The Morgan fingerprint density at radius 2 is 2.00 bits per heavy atom. The summed E-state index contributed by atoms with van der Waals surface area (Å²) in [4.78, 5) is 11.5. The van der Waals surface area contributed by atoms with Gasteiger partial charge in [-0.15, -0.1) is 0 Å². The maximum absolute atomic E-state index is 11.5. The first kappa shape index (κ1) is 14.0. The molecule has 0 spiro atoms. The quantitative estimate of drug-likeness (QED) is 0.902. The summed E-state index contributed by atoms with van der Waals surface area (Å²) in [6, 6.07) is 15.0. The zero-order valence-electron chi connectivity index (χ0n) is 11.4. The van der Waals surface area contributed by atoms with Crippen LogP contribution in [0.15, 0.2) is 53.5 Å². The molecule has 20 heavy (non-hydrogen) atoms. The Kier molecular flexibility index (Phi) is 4.70. The largest absolute Gasteiger partial charge is 0.314 e. The Bertz CT molecular complexity index is 652. The first-order valence-electron chi connectivity index (χ1n) is 6.59. The minimum atomic E-state index is 0.0142. The molecule has 1 unspecified atom stereocenters. The highest BCUT2D eigenvalue weighted by molar-refractivity contribution is 5.32. The molecule has 0 aliphatic heterocycles. The molecule has 0 aliphatic rings. The van der Waals surface area contributed by atoms with E-state index in [9.17, 15) is 4.79 Å². The molecule has 0 aliphatic carbocycles. The van der Waals surface area contributed by atoms with Crippen LogP contribution in [0.3, 0.4) is 0 Å². The van der Waals surface area contributed by atoms with Gasteiger partial charge in [0, 0.05) is 31.4 Å². The molecule has 2 aromatic rings. The lowest BCUT2D eigenvalue weighted by molar-refractivity contribution is 0.524. The Labute approximate surface area is 118 Å². The van der Waals surface area contributed by atoms with Gasteiger partial charge in [0.2, 0.25) is 0 Å². The zero-order chi connectivity index (χ0) is 14.4. The van der Waals surface area contributed by atoms with Gasteiger partial charge in [0.25, 0.3) is 5.56 Å². The number of hydrogen-bond donors (Lipinski definition) is 1. The molecule has 2 rings (SSSR count). The van der Waals surface area contributed by atoms with Crippen LogP contribution in [0.2, 0.25) is 0 Å². The number of hydrogen-bond acceptors (Lipinski definition) is 3. The van der Waals surface area contributed by atoms with E-state index in [2.05, 4.69) is 18.3 Å². The lowest BCUT2D eigenvalue weighted by Crippen LogP contribution is -2.27. The number of aromatic nitrogens is 1. The molecule has 0 saturated carbocycles. The number of rotatable bonds is 5. The smallest absolute Gasteiger partial charge is 0.250 e. The van der Waals surface area contributed by atoms with Crippen LogP contribution in [0.25, 0.3) is 0 Å². The van der Waals surface area contributed by atoms with Gasteiger partial charge in [-0.3, -0.25) is 4.79 Å². The summed E-state index contributed by atoms with van der Waals surface area (Å²) < 4.78 is 1.68. The van der Waals surface area contributed by atoms with Crippen molar-refractivity contribution < 1.29 is 0 Å². The second-order valence-electron chi connectivity index (χ2n) is 4.64. The highest BCUT2D eigenvalue weighted by Gasteiger charge is 2.04. The van der Waals surface area contributed by atoms with Gasteiger partial charge in [-0.25, -0.2) is 0 Å². The highest BCUT2D eigenvalue weighted by atomic mass is 16.1. The molecule has 102 valence electrons. The second kappa shape index (κ2) is 6.69. The summed E-state index contributed by atoms with van der Waals surface area (Å²) in [5, 5.41) is 12.1. The van der Waals surface area contributed by atoms with E-state index in [4.69, 9.17) is 5.26 Å². The van der Waals surface area contributed by atoms with Crippen molar-refractivity contribution in [2.45, 2.75) is 19.5 Å². The molecule has 1 aromatic heterocycles.